The molecule has 2 N–H and O–H groups in total. The van der Waals surface area contributed by atoms with Crippen molar-refractivity contribution in [3.63, 3.8) is 0 Å². The number of aromatic nitrogens is 4. The average Bonchev–Trinajstić information content (AvgIpc) is 3.15. The Bertz CT molecular complexity index is 706. The Kier molecular flexibility index (Phi) is 10.3. The monoisotopic (exact) mass is 399 g/mol. The molecule has 1 heterocycles. The number of tetrazole rings is 1. The van der Waals surface area contributed by atoms with Crippen LogP contribution in [0.25, 0.3) is 0 Å². The maximum atomic E-state index is 10.2. The van der Waals surface area contributed by atoms with Gasteiger partial charge in [0.05, 0.1) is 12.7 Å². The predicted octanol–water partition coefficient (Wildman–Crippen LogP) is 3.79. The molecule has 0 saturated heterocycles. The van der Waals surface area contributed by atoms with Crippen LogP contribution in [0, 0.1) is 0 Å². The number of aromatic hydroxyl groups is 1. The van der Waals surface area contributed by atoms with Crippen LogP contribution in [0.4, 0.5) is 0 Å². The maximum Gasteiger partial charge on any atom is 0.180 e. The maximum absolute atomic E-state index is 10.2. The van der Waals surface area contributed by atoms with Crippen LogP contribution in [-0.2, 0) is 11.8 Å². The first-order valence-electron chi connectivity index (χ1n) is 9.72. The van der Waals surface area contributed by atoms with E-state index < -0.39 is 0 Å². The van der Waals surface area contributed by atoms with E-state index in [1.165, 1.54) is 0 Å². The molecule has 0 bridgehead atoms. The summed E-state index contributed by atoms with van der Waals surface area (Å²) >= 11 is 0. The molecule has 0 aliphatic carbocycles. The van der Waals surface area contributed by atoms with Gasteiger partial charge in [-0.05, 0) is 44.7 Å². The van der Waals surface area contributed by atoms with Crippen molar-refractivity contribution in [2.75, 3.05) is 6.61 Å². The van der Waals surface area contributed by atoms with Gasteiger partial charge >= 0.3 is 0 Å². The number of hydrogen-bond acceptors (Lipinski definition) is 6. The van der Waals surface area contributed by atoms with Gasteiger partial charge in [0.1, 0.15) is 5.75 Å². The molecule has 0 spiro atoms. The fraction of sp³-hybridized carbons (Fsp3) is 0.650. The summed E-state index contributed by atoms with van der Waals surface area (Å²) in [7, 11) is 0. The summed E-state index contributed by atoms with van der Waals surface area (Å²) in [5.41, 5.74) is 0.961. The summed E-state index contributed by atoms with van der Waals surface area (Å²) < 4.78 is 11.6. The molecule has 0 aliphatic heterocycles. The van der Waals surface area contributed by atoms with Crippen molar-refractivity contribution in [3.8, 4) is 17.2 Å². The van der Waals surface area contributed by atoms with Crippen molar-refractivity contribution < 1.29 is 14.6 Å². The first-order valence-corrected chi connectivity index (χ1v) is 9.72. The van der Waals surface area contributed by atoms with Crippen LogP contribution in [0.15, 0.2) is 12.1 Å². The summed E-state index contributed by atoms with van der Waals surface area (Å²) in [6.07, 6.45) is 4.92. The van der Waals surface area contributed by atoms with Crippen LogP contribution in [0.3, 0.4) is 0 Å². The van der Waals surface area contributed by atoms with Gasteiger partial charge in [-0.3, -0.25) is 0 Å². The van der Waals surface area contributed by atoms with Crippen LogP contribution in [0.2, 0.25) is 0 Å². The summed E-state index contributed by atoms with van der Waals surface area (Å²) in [5.74, 6) is 2.12. The van der Waals surface area contributed by atoms with E-state index in [-0.39, 0.29) is 46.8 Å². The zero-order chi connectivity index (χ0) is 19.9. The van der Waals surface area contributed by atoms with Crippen LogP contribution in [0.5, 0.6) is 17.2 Å². The standard InChI is InChI=1S/C20H32N4O3.Na/c1-6-15-12-18(27-14(2)3)16(25)13-17(15)26-11-9-7-8-10-20(4,5)19-21-23-24-22-19;/h12-14,25H,6-11H2,1-5H3,(H,21,22,23,24);. The molecule has 1 aromatic heterocycles. The third-order valence-electron chi connectivity index (χ3n) is 4.54. The molecule has 8 heteroatoms. The number of H-pyrrole nitrogens is 1. The van der Waals surface area contributed by atoms with Crippen molar-refractivity contribution in [2.24, 2.45) is 0 Å². The van der Waals surface area contributed by atoms with Crippen LogP contribution in [0.1, 0.15) is 71.7 Å². The third-order valence-corrected chi connectivity index (χ3v) is 4.54. The smallest absolute Gasteiger partial charge is 0.180 e. The Morgan fingerprint density at radius 1 is 1.14 bits per heavy atom. The first kappa shape index (κ1) is 24.7. The number of ether oxygens (including phenoxy) is 2. The number of aromatic amines is 1. The largest absolute Gasteiger partial charge is 0.504 e. The molecule has 1 radical (unpaired) electrons. The Morgan fingerprint density at radius 3 is 2.50 bits per heavy atom. The summed E-state index contributed by atoms with van der Waals surface area (Å²) in [6, 6.07) is 3.54. The molecule has 28 heavy (non-hydrogen) atoms. The van der Waals surface area contributed by atoms with E-state index in [0.29, 0.717) is 12.4 Å². The van der Waals surface area contributed by atoms with Crippen molar-refractivity contribution >= 4 is 29.6 Å². The van der Waals surface area contributed by atoms with Gasteiger partial charge in [0.15, 0.2) is 17.3 Å². The van der Waals surface area contributed by atoms with Gasteiger partial charge in [-0.2, -0.15) is 5.21 Å². The van der Waals surface area contributed by atoms with Crippen LogP contribution >= 0.6 is 0 Å². The normalized spacial score (nSPS) is 11.4. The quantitative estimate of drug-likeness (QED) is 0.441. The number of rotatable bonds is 11. The van der Waals surface area contributed by atoms with Gasteiger partial charge in [0.25, 0.3) is 0 Å². The molecule has 151 valence electrons. The number of phenols is 1. The Morgan fingerprint density at radius 2 is 1.89 bits per heavy atom. The second-order valence-electron chi connectivity index (χ2n) is 7.73. The molecular formula is C20H32N4NaO3. The second-order valence-corrected chi connectivity index (χ2v) is 7.73. The summed E-state index contributed by atoms with van der Waals surface area (Å²) in [5, 5.41) is 24.5. The minimum Gasteiger partial charge on any atom is -0.504 e. The van der Waals surface area contributed by atoms with E-state index in [9.17, 15) is 5.11 Å². The van der Waals surface area contributed by atoms with E-state index in [2.05, 4.69) is 41.4 Å². The SMILES string of the molecule is CCc1cc(OC(C)C)c(O)cc1OCCCCCC(C)(C)c1nn[nH]n1.[Na]. The minimum atomic E-state index is -0.0821. The van der Waals surface area contributed by atoms with E-state index in [1.807, 2.05) is 19.9 Å². The van der Waals surface area contributed by atoms with Crippen LogP contribution < -0.4 is 9.47 Å². The van der Waals surface area contributed by atoms with Crippen molar-refractivity contribution in [1.82, 2.24) is 20.6 Å². The molecule has 1 aromatic carbocycles. The summed E-state index contributed by atoms with van der Waals surface area (Å²) in [4.78, 5) is 0. The van der Waals surface area contributed by atoms with Gasteiger partial charge in [0, 0.05) is 41.0 Å². The number of hydrogen-bond donors (Lipinski definition) is 2. The zero-order valence-corrected chi connectivity index (χ0v) is 20.1. The Hall–Kier alpha value is -1.31. The fourth-order valence-electron chi connectivity index (χ4n) is 2.94. The van der Waals surface area contributed by atoms with E-state index >= 15 is 0 Å². The molecule has 0 fully saturated rings. The molecule has 0 saturated carbocycles. The fourth-order valence-corrected chi connectivity index (χ4v) is 2.94. The topological polar surface area (TPSA) is 93.1 Å². The van der Waals surface area contributed by atoms with Crippen LogP contribution in [-0.4, -0.2) is 68.0 Å². The molecule has 0 atom stereocenters. The van der Waals surface area contributed by atoms with Crippen molar-refractivity contribution in [1.29, 1.82) is 0 Å². The first-order chi connectivity index (χ1) is 12.8. The number of nitrogens with one attached hydrogen (secondary N) is 1. The molecule has 2 rings (SSSR count). The van der Waals surface area contributed by atoms with Gasteiger partial charge in [-0.1, -0.05) is 38.8 Å². The van der Waals surface area contributed by atoms with Crippen molar-refractivity contribution in [3.05, 3.63) is 23.5 Å². The molecule has 7 nitrogen and oxygen atoms in total. The number of benzene rings is 1. The van der Waals surface area contributed by atoms with E-state index in [4.69, 9.17) is 9.47 Å². The number of nitrogens with zero attached hydrogens (tertiary/aromatic N) is 3. The second kappa shape index (κ2) is 11.6. The summed E-state index contributed by atoms with van der Waals surface area (Å²) in [6.45, 7) is 10.8. The van der Waals surface area contributed by atoms with Crippen molar-refractivity contribution in [2.45, 2.75) is 78.2 Å². The zero-order valence-electron chi connectivity index (χ0n) is 18.1. The number of aryl methyl sites for hydroxylation is 1. The van der Waals surface area contributed by atoms with Gasteiger partial charge < -0.3 is 14.6 Å². The Balaban J connectivity index is 0.00000392. The Labute approximate surface area is 189 Å². The minimum absolute atomic E-state index is 0. The van der Waals surface area contributed by atoms with E-state index in [0.717, 1.165) is 49.2 Å². The van der Waals surface area contributed by atoms with Gasteiger partial charge in [0.2, 0.25) is 0 Å². The van der Waals surface area contributed by atoms with Gasteiger partial charge in [-0.15, -0.1) is 10.2 Å². The number of phenolic OH excluding ortho intramolecular Hbond substituents is 1. The molecular weight excluding hydrogens is 367 g/mol. The average molecular weight is 399 g/mol. The van der Waals surface area contributed by atoms with Gasteiger partial charge in [-0.25, -0.2) is 0 Å². The molecule has 0 unspecified atom stereocenters. The van der Waals surface area contributed by atoms with E-state index in [1.54, 1.807) is 6.07 Å². The number of unbranched alkanes of at least 4 members (excludes halogenated alkanes) is 2. The predicted molar refractivity (Wildman–Crippen MR) is 110 cm³/mol. The molecule has 0 amide bonds. The molecule has 2 aromatic rings. The molecule has 0 aliphatic rings. The third kappa shape index (κ3) is 7.26.